The molecule has 0 spiro atoms. The maximum Gasteiger partial charge on any atom is 0.115 e. The lowest BCUT2D eigenvalue weighted by atomic mass is 9.93. The lowest BCUT2D eigenvalue weighted by Gasteiger charge is -2.18. The van der Waals surface area contributed by atoms with E-state index in [1.165, 1.54) is 5.56 Å². The Morgan fingerprint density at radius 3 is 2.35 bits per heavy atom. The molecule has 0 heterocycles. The zero-order valence-electron chi connectivity index (χ0n) is 11.9. The van der Waals surface area contributed by atoms with Gasteiger partial charge in [-0.15, -0.1) is 0 Å². The molecule has 2 nitrogen and oxygen atoms in total. The van der Waals surface area contributed by atoms with Gasteiger partial charge in [-0.05, 0) is 57.1 Å². The van der Waals surface area contributed by atoms with E-state index in [9.17, 15) is 5.11 Å². The predicted molar refractivity (Wildman–Crippen MR) is 75.7 cm³/mol. The second kappa shape index (κ2) is 9.06. The number of aromatic hydroxyl groups is 1. The minimum atomic E-state index is 0.371. The van der Waals surface area contributed by atoms with E-state index in [4.69, 9.17) is 0 Å². The predicted octanol–water partition coefficient (Wildman–Crippen LogP) is 3.86. The molecule has 98 valence electrons. The fourth-order valence-electron chi connectivity index (χ4n) is 1.80. The van der Waals surface area contributed by atoms with Crippen LogP contribution >= 0.6 is 0 Å². The number of benzene rings is 1. The van der Waals surface area contributed by atoms with Gasteiger partial charge in [-0.3, -0.25) is 0 Å². The van der Waals surface area contributed by atoms with Crippen molar-refractivity contribution in [2.45, 2.75) is 39.5 Å². The number of phenols is 1. The maximum atomic E-state index is 9.42. The molecule has 0 amide bonds. The molecule has 1 atom stereocenters. The van der Waals surface area contributed by atoms with Crippen LogP contribution in [0.4, 0.5) is 0 Å². The molecule has 0 saturated heterocycles. The molecule has 0 saturated carbocycles. The molecule has 0 fully saturated rings. The van der Waals surface area contributed by atoms with E-state index in [1.807, 2.05) is 26.0 Å². The van der Waals surface area contributed by atoms with Crippen molar-refractivity contribution in [2.75, 3.05) is 20.6 Å². The van der Waals surface area contributed by atoms with Gasteiger partial charge in [0.25, 0.3) is 0 Å². The highest BCUT2D eigenvalue weighted by molar-refractivity contribution is 5.29. The number of hydrogen-bond donors (Lipinski definition) is 1. The first kappa shape index (κ1) is 16.0. The monoisotopic (exact) mass is 237 g/mol. The van der Waals surface area contributed by atoms with Crippen molar-refractivity contribution < 1.29 is 5.11 Å². The van der Waals surface area contributed by atoms with Gasteiger partial charge >= 0.3 is 0 Å². The summed E-state index contributed by atoms with van der Waals surface area (Å²) in [4.78, 5) is 2.20. The third-order valence-electron chi connectivity index (χ3n) is 2.76. The number of nitrogens with zero attached hydrogens (tertiary/aromatic N) is 1. The first-order valence-corrected chi connectivity index (χ1v) is 6.57. The van der Waals surface area contributed by atoms with Crippen LogP contribution in [0.25, 0.3) is 0 Å². The SMILES string of the molecule is CC.CC[C@H](CCN(C)C)c1cccc(O)c1. The van der Waals surface area contributed by atoms with E-state index in [0.29, 0.717) is 11.7 Å². The highest BCUT2D eigenvalue weighted by atomic mass is 16.3. The Balaban J connectivity index is 0.00000121. The van der Waals surface area contributed by atoms with Gasteiger partial charge in [-0.2, -0.15) is 0 Å². The minimum Gasteiger partial charge on any atom is -0.508 e. The Morgan fingerprint density at radius 2 is 1.88 bits per heavy atom. The van der Waals surface area contributed by atoms with Crippen LogP contribution in [-0.2, 0) is 0 Å². The molecule has 0 aliphatic heterocycles. The Hall–Kier alpha value is -1.02. The Morgan fingerprint density at radius 1 is 1.24 bits per heavy atom. The summed E-state index contributed by atoms with van der Waals surface area (Å²) in [5.41, 5.74) is 1.25. The largest absolute Gasteiger partial charge is 0.508 e. The number of phenolic OH excluding ortho intramolecular Hbond substituents is 1. The van der Waals surface area contributed by atoms with Crippen LogP contribution in [0.3, 0.4) is 0 Å². The molecule has 0 unspecified atom stereocenters. The molecule has 2 heteroatoms. The number of rotatable bonds is 5. The summed E-state index contributed by atoms with van der Waals surface area (Å²) in [5.74, 6) is 0.926. The summed E-state index contributed by atoms with van der Waals surface area (Å²) >= 11 is 0. The van der Waals surface area contributed by atoms with Crippen molar-refractivity contribution >= 4 is 0 Å². The highest BCUT2D eigenvalue weighted by Gasteiger charge is 2.09. The van der Waals surface area contributed by atoms with Crippen molar-refractivity contribution in [1.82, 2.24) is 4.90 Å². The number of hydrogen-bond acceptors (Lipinski definition) is 2. The van der Waals surface area contributed by atoms with Gasteiger partial charge in [0.15, 0.2) is 0 Å². The molecule has 0 aromatic heterocycles. The molecular weight excluding hydrogens is 210 g/mol. The summed E-state index contributed by atoms with van der Waals surface area (Å²) < 4.78 is 0. The van der Waals surface area contributed by atoms with Crippen molar-refractivity contribution in [3.05, 3.63) is 29.8 Å². The van der Waals surface area contributed by atoms with E-state index in [1.54, 1.807) is 6.07 Å². The molecular formula is C15H27NO. The normalized spacial score (nSPS) is 11.9. The van der Waals surface area contributed by atoms with E-state index in [0.717, 1.165) is 19.4 Å². The Kier molecular flexibility index (Phi) is 8.51. The van der Waals surface area contributed by atoms with E-state index in [-0.39, 0.29) is 0 Å². The molecule has 0 aliphatic carbocycles. The van der Waals surface area contributed by atoms with Crippen molar-refractivity contribution in [3.8, 4) is 5.75 Å². The summed E-state index contributed by atoms with van der Waals surface area (Å²) in [7, 11) is 4.18. The molecule has 0 aliphatic rings. The average Bonchev–Trinajstić information content (AvgIpc) is 2.32. The molecule has 1 aromatic carbocycles. The molecule has 0 bridgehead atoms. The smallest absolute Gasteiger partial charge is 0.115 e. The third-order valence-corrected chi connectivity index (χ3v) is 2.76. The maximum absolute atomic E-state index is 9.42. The highest BCUT2D eigenvalue weighted by Crippen LogP contribution is 2.25. The van der Waals surface area contributed by atoms with Crippen LogP contribution in [0, 0.1) is 0 Å². The van der Waals surface area contributed by atoms with Crippen LogP contribution in [0.2, 0.25) is 0 Å². The second-order valence-corrected chi connectivity index (χ2v) is 4.29. The van der Waals surface area contributed by atoms with E-state index in [2.05, 4.69) is 32.0 Å². The lowest BCUT2D eigenvalue weighted by molar-refractivity contribution is 0.377. The van der Waals surface area contributed by atoms with Crippen LogP contribution in [0.5, 0.6) is 5.75 Å². The molecule has 17 heavy (non-hydrogen) atoms. The fourth-order valence-corrected chi connectivity index (χ4v) is 1.80. The summed E-state index contributed by atoms with van der Waals surface area (Å²) in [6.45, 7) is 7.29. The van der Waals surface area contributed by atoms with Crippen molar-refractivity contribution in [3.63, 3.8) is 0 Å². The summed E-state index contributed by atoms with van der Waals surface area (Å²) in [6.07, 6.45) is 2.27. The quantitative estimate of drug-likeness (QED) is 0.840. The van der Waals surface area contributed by atoms with Crippen LogP contribution in [-0.4, -0.2) is 30.6 Å². The Bertz CT molecular complexity index is 297. The topological polar surface area (TPSA) is 23.5 Å². The minimum absolute atomic E-state index is 0.371. The van der Waals surface area contributed by atoms with Gasteiger partial charge < -0.3 is 10.0 Å². The first-order valence-electron chi connectivity index (χ1n) is 6.57. The first-order chi connectivity index (χ1) is 8.13. The van der Waals surface area contributed by atoms with Gasteiger partial charge in [0.1, 0.15) is 5.75 Å². The third kappa shape index (κ3) is 6.32. The summed E-state index contributed by atoms with van der Waals surface area (Å²) in [5, 5.41) is 9.42. The van der Waals surface area contributed by atoms with Crippen LogP contribution in [0.15, 0.2) is 24.3 Å². The molecule has 0 radical (unpaired) electrons. The second-order valence-electron chi connectivity index (χ2n) is 4.29. The zero-order valence-corrected chi connectivity index (χ0v) is 11.9. The lowest BCUT2D eigenvalue weighted by Crippen LogP contribution is -2.15. The van der Waals surface area contributed by atoms with Gasteiger partial charge in [-0.25, -0.2) is 0 Å². The molecule has 1 aromatic rings. The van der Waals surface area contributed by atoms with Gasteiger partial charge in [0, 0.05) is 0 Å². The fraction of sp³-hybridized carbons (Fsp3) is 0.600. The van der Waals surface area contributed by atoms with E-state index < -0.39 is 0 Å². The van der Waals surface area contributed by atoms with E-state index >= 15 is 0 Å². The Labute approximate surface area is 106 Å². The molecule has 1 rings (SSSR count). The van der Waals surface area contributed by atoms with Gasteiger partial charge in [0.2, 0.25) is 0 Å². The zero-order chi connectivity index (χ0) is 13.3. The van der Waals surface area contributed by atoms with Gasteiger partial charge in [0.05, 0.1) is 0 Å². The van der Waals surface area contributed by atoms with Crippen molar-refractivity contribution in [1.29, 1.82) is 0 Å². The van der Waals surface area contributed by atoms with Gasteiger partial charge in [-0.1, -0.05) is 32.9 Å². The van der Waals surface area contributed by atoms with Crippen LogP contribution < -0.4 is 0 Å². The summed E-state index contributed by atoms with van der Waals surface area (Å²) in [6, 6.07) is 7.62. The average molecular weight is 237 g/mol. The standard InChI is InChI=1S/C13H21NO.C2H6/c1-4-11(8-9-14(2)3)12-6-5-7-13(15)10-12;1-2/h5-7,10-11,15H,4,8-9H2,1-3H3;1-2H3/t11-;/m1./s1. The van der Waals surface area contributed by atoms with Crippen LogP contribution in [0.1, 0.15) is 45.1 Å². The van der Waals surface area contributed by atoms with Crippen molar-refractivity contribution in [2.24, 2.45) is 0 Å². The molecule has 1 N–H and O–H groups in total.